The first kappa shape index (κ1) is 11.9. The maximum absolute atomic E-state index is 5.96. The first-order valence-electron chi connectivity index (χ1n) is 5.95. The third-order valence-corrected chi connectivity index (χ3v) is 3.21. The van der Waals surface area contributed by atoms with Gasteiger partial charge >= 0.3 is 0 Å². The fourth-order valence-electron chi connectivity index (χ4n) is 2.05. The van der Waals surface area contributed by atoms with E-state index in [4.69, 9.17) is 11.6 Å². The third kappa shape index (κ3) is 3.78. The van der Waals surface area contributed by atoms with Crippen LogP contribution in [0.4, 0.5) is 0 Å². The number of benzene rings is 1. The Kier molecular flexibility index (Phi) is 4.64. The minimum atomic E-state index is 0.836. The van der Waals surface area contributed by atoms with Crippen molar-refractivity contribution in [1.82, 2.24) is 10.2 Å². The fraction of sp³-hybridized carbons (Fsp3) is 0.538. The topological polar surface area (TPSA) is 17.3 Å². The van der Waals surface area contributed by atoms with Crippen LogP contribution >= 0.6 is 11.6 Å². The zero-order valence-electron chi connectivity index (χ0n) is 9.53. The van der Waals surface area contributed by atoms with Gasteiger partial charge in [-0.15, -0.1) is 0 Å². The number of rotatable bonds is 3. The normalized spacial score (nSPS) is 18.3. The standard InChI is InChI=1S/C13H18ClN2/c14-13-4-1-3-12(11-13)5-9-16-8-2-6-15-7-10-16/h1,3-4,11H,2,5-10H2. The van der Waals surface area contributed by atoms with Gasteiger partial charge in [-0.2, -0.15) is 0 Å². The van der Waals surface area contributed by atoms with Crippen LogP contribution in [0.5, 0.6) is 0 Å². The van der Waals surface area contributed by atoms with Crippen LogP contribution < -0.4 is 5.32 Å². The second kappa shape index (κ2) is 6.24. The lowest BCUT2D eigenvalue weighted by Crippen LogP contribution is -2.29. The van der Waals surface area contributed by atoms with Crippen LogP contribution in [-0.4, -0.2) is 37.6 Å². The second-order valence-corrected chi connectivity index (χ2v) is 4.68. The summed E-state index contributed by atoms with van der Waals surface area (Å²) in [6, 6.07) is 8.16. The van der Waals surface area contributed by atoms with Crippen molar-refractivity contribution in [2.45, 2.75) is 12.8 Å². The van der Waals surface area contributed by atoms with Crippen molar-refractivity contribution in [2.75, 3.05) is 32.7 Å². The van der Waals surface area contributed by atoms with Crippen molar-refractivity contribution in [3.63, 3.8) is 0 Å². The Labute approximate surface area is 103 Å². The highest BCUT2D eigenvalue weighted by atomic mass is 35.5. The van der Waals surface area contributed by atoms with Gasteiger partial charge in [-0.05, 0) is 37.1 Å². The molecule has 0 spiro atoms. The summed E-state index contributed by atoms with van der Waals surface area (Å²) in [5.74, 6) is 0. The highest BCUT2D eigenvalue weighted by Gasteiger charge is 2.08. The summed E-state index contributed by atoms with van der Waals surface area (Å²) in [5, 5.41) is 5.26. The van der Waals surface area contributed by atoms with E-state index in [2.05, 4.69) is 22.3 Å². The average molecular weight is 238 g/mol. The maximum Gasteiger partial charge on any atom is 0.0408 e. The highest BCUT2D eigenvalue weighted by molar-refractivity contribution is 6.30. The highest BCUT2D eigenvalue weighted by Crippen LogP contribution is 2.11. The van der Waals surface area contributed by atoms with Crippen LogP contribution in [0, 0.1) is 0 Å². The zero-order valence-corrected chi connectivity index (χ0v) is 10.3. The molecule has 16 heavy (non-hydrogen) atoms. The van der Waals surface area contributed by atoms with Gasteiger partial charge in [0.25, 0.3) is 0 Å². The van der Waals surface area contributed by atoms with Crippen molar-refractivity contribution in [3.05, 3.63) is 34.9 Å². The first-order chi connectivity index (χ1) is 7.84. The summed E-state index contributed by atoms with van der Waals surface area (Å²) in [7, 11) is 0. The zero-order chi connectivity index (χ0) is 11.2. The van der Waals surface area contributed by atoms with Crippen LogP contribution in [-0.2, 0) is 6.42 Å². The molecule has 1 saturated heterocycles. The SMILES string of the molecule is Clc1cccc(CCN2CCC[N]CC2)c1. The Morgan fingerprint density at radius 2 is 2.19 bits per heavy atom. The summed E-state index contributed by atoms with van der Waals surface area (Å²) in [4.78, 5) is 2.50. The van der Waals surface area contributed by atoms with Gasteiger partial charge in [-0.3, -0.25) is 0 Å². The lowest BCUT2D eigenvalue weighted by molar-refractivity contribution is 0.296. The molecule has 1 radical (unpaired) electrons. The largest absolute Gasteiger partial charge is 0.302 e. The van der Waals surface area contributed by atoms with Crippen molar-refractivity contribution in [3.8, 4) is 0 Å². The van der Waals surface area contributed by atoms with Gasteiger partial charge in [0.1, 0.15) is 0 Å². The molecule has 2 nitrogen and oxygen atoms in total. The molecule has 1 aliphatic heterocycles. The Bertz CT molecular complexity index is 319. The van der Waals surface area contributed by atoms with E-state index in [-0.39, 0.29) is 0 Å². The van der Waals surface area contributed by atoms with E-state index >= 15 is 0 Å². The smallest absolute Gasteiger partial charge is 0.0408 e. The van der Waals surface area contributed by atoms with E-state index < -0.39 is 0 Å². The third-order valence-electron chi connectivity index (χ3n) is 2.97. The van der Waals surface area contributed by atoms with E-state index in [9.17, 15) is 0 Å². The van der Waals surface area contributed by atoms with Crippen molar-refractivity contribution < 1.29 is 0 Å². The predicted octanol–water partition coefficient (Wildman–Crippen LogP) is 2.19. The van der Waals surface area contributed by atoms with Gasteiger partial charge in [0, 0.05) is 31.2 Å². The monoisotopic (exact) mass is 237 g/mol. The molecule has 1 aliphatic rings. The number of hydrogen-bond donors (Lipinski definition) is 0. The molecule has 0 atom stereocenters. The molecule has 0 aliphatic carbocycles. The molecule has 0 bridgehead atoms. The molecule has 1 fully saturated rings. The molecule has 0 aromatic heterocycles. The van der Waals surface area contributed by atoms with Crippen molar-refractivity contribution in [1.29, 1.82) is 0 Å². The molecule has 1 aromatic carbocycles. The molecule has 0 saturated carbocycles. The maximum atomic E-state index is 5.96. The van der Waals surface area contributed by atoms with Crippen LogP contribution in [0.15, 0.2) is 24.3 Å². The molecule has 0 amide bonds. The number of halogens is 1. The summed E-state index contributed by atoms with van der Waals surface area (Å²) in [6.07, 6.45) is 2.29. The molecule has 3 heteroatoms. The van der Waals surface area contributed by atoms with E-state index in [1.54, 1.807) is 0 Å². The molecule has 0 unspecified atom stereocenters. The second-order valence-electron chi connectivity index (χ2n) is 4.25. The molecule has 2 rings (SSSR count). The minimum absolute atomic E-state index is 0.836. The van der Waals surface area contributed by atoms with Crippen molar-refractivity contribution >= 4 is 11.6 Å². The first-order valence-corrected chi connectivity index (χ1v) is 6.32. The lowest BCUT2D eigenvalue weighted by Gasteiger charge is -2.19. The summed E-state index contributed by atoms with van der Waals surface area (Å²) in [6.45, 7) is 5.45. The predicted molar refractivity (Wildman–Crippen MR) is 68.1 cm³/mol. The van der Waals surface area contributed by atoms with E-state index in [0.717, 1.165) is 37.6 Å². The van der Waals surface area contributed by atoms with Gasteiger partial charge < -0.3 is 4.90 Å². The minimum Gasteiger partial charge on any atom is -0.302 e. The van der Waals surface area contributed by atoms with Gasteiger partial charge in [-0.25, -0.2) is 5.32 Å². The van der Waals surface area contributed by atoms with E-state index in [1.165, 1.54) is 18.5 Å². The summed E-state index contributed by atoms with van der Waals surface area (Å²) < 4.78 is 0. The van der Waals surface area contributed by atoms with Crippen molar-refractivity contribution in [2.24, 2.45) is 0 Å². The van der Waals surface area contributed by atoms with Gasteiger partial charge in [0.05, 0.1) is 0 Å². The van der Waals surface area contributed by atoms with Crippen LogP contribution in [0.1, 0.15) is 12.0 Å². The summed E-state index contributed by atoms with van der Waals surface area (Å²) in [5.41, 5.74) is 1.33. The van der Waals surface area contributed by atoms with Gasteiger partial charge in [-0.1, -0.05) is 23.7 Å². The Morgan fingerprint density at radius 1 is 1.25 bits per heavy atom. The van der Waals surface area contributed by atoms with Gasteiger partial charge in [0.2, 0.25) is 0 Å². The number of hydrogen-bond acceptors (Lipinski definition) is 1. The molecule has 87 valence electrons. The Balaban J connectivity index is 1.81. The number of nitrogens with zero attached hydrogens (tertiary/aromatic N) is 2. The van der Waals surface area contributed by atoms with Crippen LogP contribution in [0.3, 0.4) is 0 Å². The molecule has 1 heterocycles. The van der Waals surface area contributed by atoms with Crippen LogP contribution in [0.25, 0.3) is 0 Å². The molecule has 0 N–H and O–H groups in total. The molecular weight excluding hydrogens is 220 g/mol. The molecular formula is C13H18ClN2. The van der Waals surface area contributed by atoms with E-state index in [0.29, 0.717) is 0 Å². The van der Waals surface area contributed by atoms with Crippen LogP contribution in [0.2, 0.25) is 5.02 Å². The molecule has 1 aromatic rings. The Hall–Kier alpha value is -0.570. The van der Waals surface area contributed by atoms with Gasteiger partial charge in [0.15, 0.2) is 0 Å². The lowest BCUT2D eigenvalue weighted by atomic mass is 10.1. The quantitative estimate of drug-likeness (QED) is 0.788. The average Bonchev–Trinajstić information content (AvgIpc) is 2.55. The van der Waals surface area contributed by atoms with E-state index in [1.807, 2.05) is 12.1 Å². The fourth-order valence-corrected chi connectivity index (χ4v) is 2.26. The summed E-state index contributed by atoms with van der Waals surface area (Å²) >= 11 is 5.96. The Morgan fingerprint density at radius 3 is 3.06 bits per heavy atom.